The van der Waals surface area contributed by atoms with E-state index in [0.29, 0.717) is 0 Å². The van der Waals surface area contributed by atoms with Crippen molar-refractivity contribution in [2.24, 2.45) is 0 Å². The molecule has 2 aromatic rings. The first-order valence-electron chi connectivity index (χ1n) is 5.93. The Morgan fingerprint density at radius 2 is 1.89 bits per heavy atom. The van der Waals surface area contributed by atoms with Gasteiger partial charge in [-0.05, 0) is 54.3 Å². The zero-order valence-electron chi connectivity index (χ0n) is 9.70. The van der Waals surface area contributed by atoms with Crippen LogP contribution in [0, 0.1) is 5.82 Å². The van der Waals surface area contributed by atoms with Gasteiger partial charge in [0.25, 0.3) is 0 Å². The van der Waals surface area contributed by atoms with Gasteiger partial charge >= 0.3 is 0 Å². The van der Waals surface area contributed by atoms with Crippen molar-refractivity contribution in [3.63, 3.8) is 0 Å². The fourth-order valence-corrected chi connectivity index (χ4v) is 2.53. The summed E-state index contributed by atoms with van der Waals surface area (Å²) in [6, 6.07) is 12.9. The van der Waals surface area contributed by atoms with Crippen LogP contribution in [0.4, 0.5) is 4.39 Å². The van der Waals surface area contributed by atoms with E-state index in [-0.39, 0.29) is 11.9 Å². The molecule has 3 rings (SSSR count). The third-order valence-electron chi connectivity index (χ3n) is 3.21. The maximum atomic E-state index is 13.1. The third kappa shape index (κ3) is 2.27. The van der Waals surface area contributed by atoms with Crippen LogP contribution >= 0.6 is 15.9 Å². The van der Waals surface area contributed by atoms with Crippen LogP contribution < -0.4 is 4.74 Å². The highest BCUT2D eigenvalue weighted by molar-refractivity contribution is 9.10. The number of ether oxygens (including phenoxy) is 1. The fourth-order valence-electron chi connectivity index (χ4n) is 2.27. The lowest BCUT2D eigenvalue weighted by molar-refractivity contribution is 0.176. The smallest absolute Gasteiger partial charge is 0.124 e. The molecule has 18 heavy (non-hydrogen) atoms. The molecule has 1 aliphatic heterocycles. The average molecular weight is 307 g/mol. The van der Waals surface area contributed by atoms with Crippen molar-refractivity contribution in [2.45, 2.75) is 18.9 Å². The maximum absolute atomic E-state index is 13.1. The van der Waals surface area contributed by atoms with E-state index in [1.165, 1.54) is 6.07 Å². The van der Waals surface area contributed by atoms with Gasteiger partial charge in [-0.1, -0.05) is 28.1 Å². The lowest BCUT2D eigenvalue weighted by atomic mass is 9.97. The van der Waals surface area contributed by atoms with Gasteiger partial charge in [0.05, 0.1) is 0 Å². The quantitative estimate of drug-likeness (QED) is 0.745. The standard InChI is InChI=1S/C15H12BrFO/c16-12-4-1-10(2-5-12)14-7-3-11-9-13(17)6-8-15(11)18-14/h1-2,4-6,8-9,14H,3,7H2. The van der Waals surface area contributed by atoms with E-state index in [9.17, 15) is 4.39 Å². The molecule has 3 heteroatoms. The van der Waals surface area contributed by atoms with Crippen molar-refractivity contribution in [1.82, 2.24) is 0 Å². The molecule has 0 saturated carbocycles. The van der Waals surface area contributed by atoms with Crippen molar-refractivity contribution in [2.75, 3.05) is 0 Å². The second kappa shape index (κ2) is 4.73. The monoisotopic (exact) mass is 306 g/mol. The number of fused-ring (bicyclic) bond motifs is 1. The molecule has 0 bridgehead atoms. The highest BCUT2D eigenvalue weighted by Gasteiger charge is 2.21. The lowest BCUT2D eigenvalue weighted by Crippen LogP contribution is -2.15. The molecule has 0 saturated heterocycles. The summed E-state index contributed by atoms with van der Waals surface area (Å²) in [5.41, 5.74) is 2.12. The van der Waals surface area contributed by atoms with Crippen molar-refractivity contribution in [3.05, 3.63) is 63.9 Å². The minimum atomic E-state index is -0.195. The molecule has 0 N–H and O–H groups in total. The number of aryl methyl sites for hydroxylation is 1. The predicted octanol–water partition coefficient (Wildman–Crippen LogP) is 4.65. The van der Waals surface area contributed by atoms with Crippen LogP contribution in [0.15, 0.2) is 46.9 Å². The summed E-state index contributed by atoms with van der Waals surface area (Å²) in [5.74, 6) is 0.606. The molecule has 1 nitrogen and oxygen atoms in total. The summed E-state index contributed by atoms with van der Waals surface area (Å²) in [5, 5.41) is 0. The molecule has 0 radical (unpaired) electrons. The largest absolute Gasteiger partial charge is 0.485 e. The molecule has 92 valence electrons. The Labute approximate surface area is 114 Å². The molecule has 1 atom stereocenters. The first kappa shape index (κ1) is 11.7. The van der Waals surface area contributed by atoms with Crippen molar-refractivity contribution < 1.29 is 9.13 Å². The summed E-state index contributed by atoms with van der Waals surface area (Å²) in [4.78, 5) is 0. The van der Waals surface area contributed by atoms with E-state index < -0.39 is 0 Å². The lowest BCUT2D eigenvalue weighted by Gasteiger charge is -2.26. The third-order valence-corrected chi connectivity index (χ3v) is 3.74. The highest BCUT2D eigenvalue weighted by Crippen LogP contribution is 2.35. The van der Waals surface area contributed by atoms with Crippen molar-refractivity contribution in [1.29, 1.82) is 0 Å². The highest BCUT2D eigenvalue weighted by atomic mass is 79.9. The summed E-state index contributed by atoms with van der Waals surface area (Å²) in [7, 11) is 0. The average Bonchev–Trinajstić information content (AvgIpc) is 2.39. The molecule has 0 aliphatic carbocycles. The van der Waals surface area contributed by atoms with E-state index in [4.69, 9.17) is 4.74 Å². The second-order valence-electron chi connectivity index (χ2n) is 4.45. The minimum absolute atomic E-state index is 0.0658. The predicted molar refractivity (Wildman–Crippen MR) is 72.2 cm³/mol. The first-order chi connectivity index (χ1) is 8.72. The zero-order chi connectivity index (χ0) is 12.5. The van der Waals surface area contributed by atoms with E-state index in [1.807, 2.05) is 12.1 Å². The zero-order valence-corrected chi connectivity index (χ0v) is 11.3. The minimum Gasteiger partial charge on any atom is -0.485 e. The molecule has 0 fully saturated rings. The van der Waals surface area contributed by atoms with Gasteiger partial charge in [-0.2, -0.15) is 0 Å². The van der Waals surface area contributed by atoms with Crippen molar-refractivity contribution >= 4 is 15.9 Å². The van der Waals surface area contributed by atoms with Crippen LogP contribution in [0.1, 0.15) is 23.7 Å². The van der Waals surface area contributed by atoms with Gasteiger partial charge in [-0.15, -0.1) is 0 Å². The Bertz CT molecular complexity index is 565. The second-order valence-corrected chi connectivity index (χ2v) is 5.36. The summed E-state index contributed by atoms with van der Waals surface area (Å²) >= 11 is 3.42. The van der Waals surface area contributed by atoms with Gasteiger partial charge in [0.1, 0.15) is 17.7 Å². The van der Waals surface area contributed by atoms with Gasteiger partial charge < -0.3 is 4.74 Å². The Hall–Kier alpha value is -1.35. The molecule has 0 aromatic heterocycles. The van der Waals surface area contributed by atoms with Crippen LogP contribution in [0.25, 0.3) is 0 Å². The number of rotatable bonds is 1. The maximum Gasteiger partial charge on any atom is 0.124 e. The molecular formula is C15H12BrFO. The summed E-state index contributed by atoms with van der Waals surface area (Å²) in [6.45, 7) is 0. The molecule has 1 unspecified atom stereocenters. The van der Waals surface area contributed by atoms with Crippen LogP contribution in [-0.2, 0) is 6.42 Å². The number of halogens is 2. The Kier molecular flexibility index (Phi) is 3.08. The summed E-state index contributed by atoms with van der Waals surface area (Å²) < 4.78 is 20.1. The fraction of sp³-hybridized carbons (Fsp3) is 0.200. The molecule has 1 aliphatic rings. The SMILES string of the molecule is Fc1ccc2c(c1)CCC(c1ccc(Br)cc1)O2. The number of hydrogen-bond acceptors (Lipinski definition) is 1. The number of benzene rings is 2. The van der Waals surface area contributed by atoms with Crippen molar-refractivity contribution in [3.8, 4) is 5.75 Å². The van der Waals surface area contributed by atoms with Crippen LogP contribution in [0.2, 0.25) is 0 Å². The Morgan fingerprint density at radius 1 is 1.11 bits per heavy atom. The topological polar surface area (TPSA) is 9.23 Å². The first-order valence-corrected chi connectivity index (χ1v) is 6.72. The van der Waals surface area contributed by atoms with E-state index >= 15 is 0 Å². The van der Waals surface area contributed by atoms with E-state index in [0.717, 1.165) is 34.2 Å². The van der Waals surface area contributed by atoms with Gasteiger partial charge in [-0.25, -0.2) is 4.39 Å². The van der Waals surface area contributed by atoms with Gasteiger partial charge in [0.2, 0.25) is 0 Å². The van der Waals surface area contributed by atoms with Gasteiger partial charge in [0, 0.05) is 4.47 Å². The molecule has 1 heterocycles. The van der Waals surface area contributed by atoms with Gasteiger partial charge in [0.15, 0.2) is 0 Å². The van der Waals surface area contributed by atoms with E-state index in [2.05, 4.69) is 28.1 Å². The van der Waals surface area contributed by atoms with Crippen LogP contribution in [0.5, 0.6) is 5.75 Å². The van der Waals surface area contributed by atoms with Crippen LogP contribution in [0.3, 0.4) is 0 Å². The molecule has 2 aromatic carbocycles. The molecular weight excluding hydrogens is 295 g/mol. The van der Waals surface area contributed by atoms with Gasteiger partial charge in [-0.3, -0.25) is 0 Å². The normalized spacial score (nSPS) is 18.0. The summed E-state index contributed by atoms with van der Waals surface area (Å²) in [6.07, 6.45) is 1.81. The van der Waals surface area contributed by atoms with E-state index in [1.54, 1.807) is 12.1 Å². The molecule has 0 spiro atoms. The molecule has 0 amide bonds. The number of hydrogen-bond donors (Lipinski definition) is 0. The van der Waals surface area contributed by atoms with Crippen LogP contribution in [-0.4, -0.2) is 0 Å². The Balaban J connectivity index is 1.86. The Morgan fingerprint density at radius 3 is 2.67 bits per heavy atom.